The van der Waals surface area contributed by atoms with Gasteiger partial charge in [-0.2, -0.15) is 0 Å². The number of methoxy groups -OCH3 is 1. The van der Waals surface area contributed by atoms with Gasteiger partial charge in [-0.25, -0.2) is 8.78 Å². The van der Waals surface area contributed by atoms with Gasteiger partial charge >= 0.3 is 5.97 Å². The summed E-state index contributed by atoms with van der Waals surface area (Å²) in [5.74, 6) is -0.629. The first-order valence-corrected chi connectivity index (χ1v) is 4.84. The van der Waals surface area contributed by atoms with Crippen molar-refractivity contribution in [2.75, 3.05) is 7.11 Å². The zero-order chi connectivity index (χ0) is 12.3. The molecule has 0 fully saturated rings. The largest absolute Gasteiger partial charge is 0.469 e. The monoisotopic (exact) mass is 249 g/mol. The molecule has 0 bridgehead atoms. The number of carbonyl (C=O) groups is 1. The van der Waals surface area contributed by atoms with Crippen LogP contribution in [-0.4, -0.2) is 18.1 Å². The average molecular weight is 250 g/mol. The average Bonchev–Trinajstić information content (AvgIpc) is 2.15. The molecule has 0 saturated carbocycles. The lowest BCUT2D eigenvalue weighted by atomic mass is 10.1. The van der Waals surface area contributed by atoms with Crippen molar-refractivity contribution in [3.05, 3.63) is 28.0 Å². The van der Waals surface area contributed by atoms with Gasteiger partial charge in [0.2, 0.25) is 0 Å². The highest BCUT2D eigenvalue weighted by Gasteiger charge is 2.21. The van der Waals surface area contributed by atoms with Gasteiger partial charge in [0.1, 0.15) is 0 Å². The van der Waals surface area contributed by atoms with Crippen molar-refractivity contribution in [2.24, 2.45) is 0 Å². The van der Waals surface area contributed by atoms with E-state index in [1.807, 2.05) is 0 Å². The summed E-state index contributed by atoms with van der Waals surface area (Å²) < 4.78 is 29.8. The van der Waals surface area contributed by atoms with E-state index in [0.717, 1.165) is 0 Å². The fraction of sp³-hybridized carbons (Fsp3) is 0.400. The maximum atomic E-state index is 12.7. The summed E-state index contributed by atoms with van der Waals surface area (Å²) in [6.45, 7) is 1.61. The van der Waals surface area contributed by atoms with Gasteiger partial charge in [0.25, 0.3) is 6.43 Å². The molecule has 3 nitrogen and oxygen atoms in total. The topological polar surface area (TPSA) is 39.2 Å². The summed E-state index contributed by atoms with van der Waals surface area (Å²) >= 11 is 5.68. The third kappa shape index (κ3) is 2.88. The van der Waals surface area contributed by atoms with Crippen LogP contribution >= 0.6 is 11.6 Å². The molecule has 0 aliphatic heterocycles. The van der Waals surface area contributed by atoms with E-state index in [-0.39, 0.29) is 17.1 Å². The summed E-state index contributed by atoms with van der Waals surface area (Å²) in [5.41, 5.74) is 0.0396. The van der Waals surface area contributed by atoms with Gasteiger partial charge in [-0.3, -0.25) is 9.78 Å². The van der Waals surface area contributed by atoms with Gasteiger partial charge in [0.15, 0.2) is 0 Å². The molecule has 0 N–H and O–H groups in total. The Kier molecular flexibility index (Phi) is 4.18. The summed E-state index contributed by atoms with van der Waals surface area (Å²) in [6.07, 6.45) is -3.07. The predicted octanol–water partition coefficient (Wildman–Crippen LogP) is 2.70. The Hall–Kier alpha value is -1.23. The highest BCUT2D eigenvalue weighted by molar-refractivity contribution is 6.31. The van der Waals surface area contributed by atoms with E-state index in [0.29, 0.717) is 5.69 Å². The SMILES string of the molecule is COC(=O)Cc1nc(C)cc(Cl)c1C(F)F. The highest BCUT2D eigenvalue weighted by atomic mass is 35.5. The van der Waals surface area contributed by atoms with Crippen molar-refractivity contribution in [3.63, 3.8) is 0 Å². The summed E-state index contributed by atoms with van der Waals surface area (Å²) in [5, 5.41) is -0.0820. The molecule has 1 aromatic heterocycles. The molecule has 0 amide bonds. The minimum Gasteiger partial charge on any atom is -0.469 e. The van der Waals surface area contributed by atoms with Crippen molar-refractivity contribution in [2.45, 2.75) is 19.8 Å². The summed E-state index contributed by atoms with van der Waals surface area (Å²) in [6, 6.07) is 1.34. The lowest BCUT2D eigenvalue weighted by Gasteiger charge is -2.10. The first-order valence-electron chi connectivity index (χ1n) is 4.46. The van der Waals surface area contributed by atoms with Crippen LogP contribution < -0.4 is 0 Å². The molecule has 6 heteroatoms. The molecule has 16 heavy (non-hydrogen) atoms. The Morgan fingerprint density at radius 1 is 1.62 bits per heavy atom. The Labute approximate surface area is 96.4 Å². The molecular weight excluding hydrogens is 240 g/mol. The quantitative estimate of drug-likeness (QED) is 0.773. The van der Waals surface area contributed by atoms with Crippen LogP contribution in [-0.2, 0) is 16.0 Å². The van der Waals surface area contributed by atoms with Crippen LogP contribution in [0.25, 0.3) is 0 Å². The van der Waals surface area contributed by atoms with Crippen molar-refractivity contribution >= 4 is 17.6 Å². The molecular formula is C10H10ClF2NO2. The number of rotatable bonds is 3. The van der Waals surface area contributed by atoms with E-state index in [9.17, 15) is 13.6 Å². The van der Waals surface area contributed by atoms with Crippen LogP contribution in [0.5, 0.6) is 0 Å². The van der Waals surface area contributed by atoms with Crippen LogP contribution in [0.3, 0.4) is 0 Å². The summed E-state index contributed by atoms with van der Waals surface area (Å²) in [4.78, 5) is 14.9. The normalized spacial score (nSPS) is 10.6. The molecule has 0 atom stereocenters. The van der Waals surface area contributed by atoms with Gasteiger partial charge in [0.05, 0.1) is 29.8 Å². The molecule has 0 aromatic carbocycles. The third-order valence-electron chi connectivity index (χ3n) is 1.97. The second-order valence-corrected chi connectivity index (χ2v) is 3.57. The Bertz CT molecular complexity index is 410. The van der Waals surface area contributed by atoms with Gasteiger partial charge in [0, 0.05) is 5.69 Å². The number of esters is 1. The van der Waals surface area contributed by atoms with E-state index in [2.05, 4.69) is 9.72 Å². The zero-order valence-electron chi connectivity index (χ0n) is 8.76. The van der Waals surface area contributed by atoms with Crippen LogP contribution in [0.4, 0.5) is 8.78 Å². The smallest absolute Gasteiger partial charge is 0.311 e. The first-order chi connectivity index (χ1) is 7.45. The number of alkyl halides is 2. The van der Waals surface area contributed by atoms with Gasteiger partial charge < -0.3 is 4.74 Å². The van der Waals surface area contributed by atoms with Crippen molar-refractivity contribution < 1.29 is 18.3 Å². The maximum Gasteiger partial charge on any atom is 0.311 e. The number of ether oxygens (including phenoxy) is 1. The fourth-order valence-electron chi connectivity index (χ4n) is 1.28. The van der Waals surface area contributed by atoms with Crippen LogP contribution in [0.15, 0.2) is 6.07 Å². The van der Waals surface area contributed by atoms with Crippen LogP contribution in [0.1, 0.15) is 23.4 Å². The second kappa shape index (κ2) is 5.21. The molecule has 0 unspecified atom stereocenters. The van der Waals surface area contributed by atoms with Crippen molar-refractivity contribution in [3.8, 4) is 0 Å². The molecule has 88 valence electrons. The Morgan fingerprint density at radius 2 is 2.25 bits per heavy atom. The molecule has 1 aromatic rings. The maximum absolute atomic E-state index is 12.7. The van der Waals surface area contributed by atoms with Crippen molar-refractivity contribution in [1.82, 2.24) is 4.98 Å². The molecule has 0 spiro atoms. The fourth-order valence-corrected chi connectivity index (χ4v) is 1.63. The Balaban J connectivity index is 3.18. The number of aromatic nitrogens is 1. The third-order valence-corrected chi connectivity index (χ3v) is 2.29. The standard InChI is InChI=1S/C10H10ClF2NO2/c1-5-3-6(11)9(10(12)13)7(14-5)4-8(15)16-2/h3,10H,4H2,1-2H3. The van der Waals surface area contributed by atoms with Crippen molar-refractivity contribution in [1.29, 1.82) is 0 Å². The van der Waals surface area contributed by atoms with E-state index in [1.54, 1.807) is 6.92 Å². The molecule has 1 rings (SSSR count). The summed E-state index contributed by atoms with van der Waals surface area (Å²) in [7, 11) is 1.18. The van der Waals surface area contributed by atoms with Gasteiger partial charge in [-0.15, -0.1) is 0 Å². The molecule has 0 saturated heterocycles. The zero-order valence-corrected chi connectivity index (χ0v) is 9.52. The van der Waals surface area contributed by atoms with Crippen LogP contribution in [0, 0.1) is 6.92 Å². The number of nitrogens with zero attached hydrogens (tertiary/aromatic N) is 1. The first kappa shape index (κ1) is 12.8. The Morgan fingerprint density at radius 3 is 2.75 bits per heavy atom. The predicted molar refractivity (Wildman–Crippen MR) is 54.7 cm³/mol. The van der Waals surface area contributed by atoms with E-state index in [1.165, 1.54) is 13.2 Å². The van der Waals surface area contributed by atoms with E-state index in [4.69, 9.17) is 11.6 Å². The number of hydrogen-bond acceptors (Lipinski definition) is 3. The van der Waals surface area contributed by atoms with E-state index >= 15 is 0 Å². The number of aryl methyl sites for hydroxylation is 1. The molecule has 0 radical (unpaired) electrons. The number of pyridine rings is 1. The minimum absolute atomic E-state index is 0.0353. The number of halogens is 3. The minimum atomic E-state index is -2.76. The number of carbonyl (C=O) groups excluding carboxylic acids is 1. The molecule has 0 aliphatic rings. The lowest BCUT2D eigenvalue weighted by molar-refractivity contribution is -0.139. The van der Waals surface area contributed by atoms with E-state index < -0.39 is 18.0 Å². The second-order valence-electron chi connectivity index (χ2n) is 3.16. The molecule has 1 heterocycles. The lowest BCUT2D eigenvalue weighted by Crippen LogP contribution is -2.10. The molecule has 0 aliphatic carbocycles. The number of hydrogen-bond donors (Lipinski definition) is 0. The van der Waals surface area contributed by atoms with Gasteiger partial charge in [-0.1, -0.05) is 11.6 Å². The van der Waals surface area contributed by atoms with Gasteiger partial charge in [-0.05, 0) is 13.0 Å². The highest BCUT2D eigenvalue weighted by Crippen LogP contribution is 2.30. The van der Waals surface area contributed by atoms with Crippen LogP contribution in [0.2, 0.25) is 5.02 Å².